The van der Waals surface area contributed by atoms with E-state index < -0.39 is 38.0 Å². The SMILES string of the molecule is [2H]CN(C[C@H](O)[C@@H](O)[C@H](O)[C@H](O)CO)C(=O)CN(C)CCCCCCCCCCCC. The fourth-order valence-electron chi connectivity index (χ4n) is 3.28. The van der Waals surface area contributed by atoms with E-state index in [2.05, 4.69) is 6.92 Å². The molecular weight excluding hydrogens is 388 g/mol. The Kier molecular flexibility index (Phi) is 16.2. The van der Waals surface area contributed by atoms with Gasteiger partial charge in [0.25, 0.3) is 0 Å². The van der Waals surface area contributed by atoms with Gasteiger partial charge in [-0.2, -0.15) is 0 Å². The number of amides is 1. The smallest absolute Gasteiger partial charge is 0.236 e. The highest BCUT2D eigenvalue weighted by Gasteiger charge is 2.31. The normalized spacial score (nSPS) is 16.2. The van der Waals surface area contributed by atoms with Crippen molar-refractivity contribution in [3.05, 3.63) is 0 Å². The quantitative estimate of drug-likeness (QED) is 0.189. The molecule has 0 fully saturated rings. The summed E-state index contributed by atoms with van der Waals surface area (Å²) in [5, 5.41) is 47.8. The van der Waals surface area contributed by atoms with Crippen molar-refractivity contribution in [1.82, 2.24) is 9.80 Å². The maximum atomic E-state index is 12.4. The van der Waals surface area contributed by atoms with Crippen LogP contribution in [0.5, 0.6) is 0 Å². The lowest BCUT2D eigenvalue weighted by Gasteiger charge is -2.29. The molecule has 0 bridgehead atoms. The van der Waals surface area contributed by atoms with Gasteiger partial charge in [-0.05, 0) is 20.0 Å². The fourth-order valence-corrected chi connectivity index (χ4v) is 3.28. The second kappa shape index (κ2) is 17.9. The summed E-state index contributed by atoms with van der Waals surface area (Å²) in [7, 11) is 1.44. The van der Waals surface area contributed by atoms with Crippen LogP contribution in [0.4, 0.5) is 0 Å². The van der Waals surface area contributed by atoms with Gasteiger partial charge in [0.2, 0.25) is 5.91 Å². The monoisotopic (exact) mass is 435 g/mol. The van der Waals surface area contributed by atoms with Crippen molar-refractivity contribution in [2.75, 3.05) is 40.3 Å². The third-order valence-electron chi connectivity index (χ3n) is 5.38. The van der Waals surface area contributed by atoms with E-state index in [0.717, 1.165) is 24.3 Å². The summed E-state index contributed by atoms with van der Waals surface area (Å²) in [6, 6.07) is 0. The number of likely N-dealkylation sites (N-methyl/N-ethyl adjacent to an activating group) is 2. The minimum Gasteiger partial charge on any atom is -0.394 e. The van der Waals surface area contributed by atoms with Crippen molar-refractivity contribution in [2.24, 2.45) is 0 Å². The van der Waals surface area contributed by atoms with Crippen LogP contribution in [0.2, 0.25) is 0 Å². The summed E-state index contributed by atoms with van der Waals surface area (Å²) in [5.41, 5.74) is 0. The van der Waals surface area contributed by atoms with Crippen LogP contribution in [-0.4, -0.2) is 106 Å². The Morgan fingerprint density at radius 3 is 1.87 bits per heavy atom. The average Bonchev–Trinajstić information content (AvgIpc) is 2.76. The molecule has 4 atom stereocenters. The first-order valence-corrected chi connectivity index (χ1v) is 11.4. The topological polar surface area (TPSA) is 125 Å². The zero-order valence-corrected chi connectivity index (χ0v) is 19.0. The van der Waals surface area contributed by atoms with Gasteiger partial charge >= 0.3 is 0 Å². The molecule has 5 N–H and O–H groups in total. The summed E-state index contributed by atoms with van der Waals surface area (Å²) < 4.78 is 7.52. The van der Waals surface area contributed by atoms with Gasteiger partial charge in [0, 0.05) is 14.9 Å². The van der Waals surface area contributed by atoms with Gasteiger partial charge in [0.1, 0.15) is 24.4 Å². The zero-order chi connectivity index (χ0) is 23.6. The predicted octanol–water partition coefficient (Wildman–Crippen LogP) is 0.733. The molecule has 0 saturated carbocycles. The minimum absolute atomic E-state index is 0.0982. The highest BCUT2D eigenvalue weighted by molar-refractivity contribution is 5.78. The predicted molar refractivity (Wildman–Crippen MR) is 118 cm³/mol. The molecule has 0 aliphatic carbocycles. The van der Waals surface area contributed by atoms with Crippen LogP contribution in [-0.2, 0) is 4.79 Å². The van der Waals surface area contributed by atoms with Crippen molar-refractivity contribution < 1.29 is 31.7 Å². The van der Waals surface area contributed by atoms with Gasteiger partial charge < -0.3 is 30.4 Å². The van der Waals surface area contributed by atoms with E-state index in [-0.39, 0.29) is 19.0 Å². The lowest BCUT2D eigenvalue weighted by atomic mass is 10.0. The van der Waals surface area contributed by atoms with Crippen molar-refractivity contribution in [1.29, 1.82) is 0 Å². The van der Waals surface area contributed by atoms with Gasteiger partial charge in [0.05, 0.1) is 13.2 Å². The number of carbonyl (C=O) groups is 1. The molecule has 0 heterocycles. The number of rotatable bonds is 19. The van der Waals surface area contributed by atoms with Crippen molar-refractivity contribution >= 4 is 5.91 Å². The maximum absolute atomic E-state index is 12.4. The number of nitrogens with zero attached hydrogens (tertiary/aromatic N) is 2. The maximum Gasteiger partial charge on any atom is 0.236 e. The molecule has 8 heteroatoms. The Hall–Kier alpha value is -0.770. The number of carbonyl (C=O) groups excluding carboxylic acids is 1. The van der Waals surface area contributed by atoms with Gasteiger partial charge in [-0.15, -0.1) is 0 Å². The van der Waals surface area contributed by atoms with Crippen molar-refractivity contribution in [3.8, 4) is 0 Å². The highest BCUT2D eigenvalue weighted by atomic mass is 16.4. The molecule has 0 aromatic carbocycles. The molecule has 0 aromatic rings. The average molecular weight is 436 g/mol. The lowest BCUT2D eigenvalue weighted by Crippen LogP contribution is -2.50. The first kappa shape index (κ1) is 27.3. The summed E-state index contributed by atoms with van der Waals surface area (Å²) >= 11 is 0. The molecule has 0 rings (SSSR count). The third kappa shape index (κ3) is 13.5. The molecule has 0 aliphatic rings. The summed E-state index contributed by atoms with van der Waals surface area (Å²) in [6.45, 7) is 1.98. The molecule has 0 aliphatic heterocycles. The molecule has 1 amide bonds. The van der Waals surface area contributed by atoms with Gasteiger partial charge in [0.15, 0.2) is 0 Å². The Labute approximate surface area is 183 Å². The van der Waals surface area contributed by atoms with E-state index in [1.165, 1.54) is 51.4 Å². The first-order valence-electron chi connectivity index (χ1n) is 12.1. The van der Waals surface area contributed by atoms with Crippen LogP contribution in [0.1, 0.15) is 72.5 Å². The van der Waals surface area contributed by atoms with Crippen LogP contribution in [0.3, 0.4) is 0 Å². The second-order valence-electron chi connectivity index (χ2n) is 8.33. The minimum atomic E-state index is -1.75. The Morgan fingerprint density at radius 2 is 1.37 bits per heavy atom. The molecule has 0 aromatic heterocycles. The van der Waals surface area contributed by atoms with Crippen LogP contribution in [0.15, 0.2) is 0 Å². The molecule has 8 nitrogen and oxygen atoms in total. The van der Waals surface area contributed by atoms with E-state index in [4.69, 9.17) is 6.48 Å². The van der Waals surface area contributed by atoms with E-state index in [1.807, 2.05) is 11.9 Å². The fraction of sp³-hybridized carbons (Fsp3) is 0.955. The first-order chi connectivity index (χ1) is 14.8. The van der Waals surface area contributed by atoms with Crippen LogP contribution in [0, 0.1) is 0 Å². The number of unbranched alkanes of at least 4 members (excludes halogenated alkanes) is 9. The summed E-state index contributed by atoms with van der Waals surface area (Å²) in [4.78, 5) is 15.4. The van der Waals surface area contributed by atoms with Crippen LogP contribution < -0.4 is 0 Å². The number of hydrogen-bond donors (Lipinski definition) is 5. The Bertz CT molecular complexity index is 446. The largest absolute Gasteiger partial charge is 0.394 e. The molecular formula is C22H46N2O6. The Balaban J connectivity index is 4.08. The van der Waals surface area contributed by atoms with Gasteiger partial charge in [-0.1, -0.05) is 64.7 Å². The van der Waals surface area contributed by atoms with Crippen molar-refractivity contribution in [2.45, 2.75) is 95.5 Å². The number of aliphatic hydroxyl groups excluding tert-OH is 5. The molecule has 0 spiro atoms. The van der Waals surface area contributed by atoms with Gasteiger partial charge in [-0.3, -0.25) is 9.69 Å². The number of hydrogen-bond acceptors (Lipinski definition) is 7. The van der Waals surface area contributed by atoms with E-state index in [0.29, 0.717) is 0 Å². The summed E-state index contributed by atoms with van der Waals surface area (Å²) in [5.74, 6) is -0.354. The zero-order valence-electron chi connectivity index (χ0n) is 20.0. The van der Waals surface area contributed by atoms with Crippen LogP contribution >= 0.6 is 0 Å². The van der Waals surface area contributed by atoms with Crippen LogP contribution in [0.25, 0.3) is 0 Å². The number of aliphatic hydroxyl groups is 5. The third-order valence-corrected chi connectivity index (χ3v) is 5.38. The molecule has 0 saturated heterocycles. The second-order valence-corrected chi connectivity index (χ2v) is 8.33. The van der Waals surface area contributed by atoms with E-state index in [1.54, 1.807) is 0 Å². The summed E-state index contributed by atoms with van der Waals surface area (Å²) in [6.07, 6.45) is 5.79. The van der Waals surface area contributed by atoms with E-state index >= 15 is 0 Å². The lowest BCUT2D eigenvalue weighted by molar-refractivity contribution is -0.138. The molecule has 0 radical (unpaired) electrons. The van der Waals surface area contributed by atoms with Gasteiger partial charge in [-0.25, -0.2) is 0 Å². The van der Waals surface area contributed by atoms with Crippen molar-refractivity contribution in [3.63, 3.8) is 0 Å². The Morgan fingerprint density at radius 1 is 0.867 bits per heavy atom. The molecule has 30 heavy (non-hydrogen) atoms. The highest BCUT2D eigenvalue weighted by Crippen LogP contribution is 2.11. The van der Waals surface area contributed by atoms with E-state index in [9.17, 15) is 25.2 Å². The molecule has 180 valence electrons. The standard InChI is InChI=1S/C22H46N2O6/c1-4-5-6-7-8-9-10-11-12-13-14-23(2)16-20(28)24(3)15-18(26)21(29)22(30)19(27)17-25/h18-19,21-22,25-27,29-30H,4-17H2,1-3H3/t18-,19+,21+,22+/m0/s1/i3D. The molecule has 0 unspecified atom stereocenters.